The minimum atomic E-state index is -4.26. The van der Waals surface area contributed by atoms with Gasteiger partial charge in [0.05, 0.1) is 0 Å². The molecule has 0 aromatic carbocycles. The fourth-order valence-electron chi connectivity index (χ4n) is 0.149. The van der Waals surface area contributed by atoms with Crippen LogP contribution in [0.15, 0.2) is 12.7 Å². The van der Waals surface area contributed by atoms with Gasteiger partial charge >= 0.3 is 11.8 Å². The van der Waals surface area contributed by atoms with Gasteiger partial charge in [-0.1, -0.05) is 6.58 Å². The van der Waals surface area contributed by atoms with Crippen molar-refractivity contribution in [2.45, 2.75) is 11.8 Å². The summed E-state index contributed by atoms with van der Waals surface area (Å²) in [6.45, 7) is 4.49. The highest BCUT2D eigenvalue weighted by atomic mass is 19.3. The van der Waals surface area contributed by atoms with Crippen molar-refractivity contribution in [1.29, 1.82) is 0 Å². The summed E-state index contributed by atoms with van der Waals surface area (Å²) in [5.74, 6) is -8.46. The van der Waals surface area contributed by atoms with E-state index in [2.05, 4.69) is 6.58 Å². The van der Waals surface area contributed by atoms with Gasteiger partial charge in [0.25, 0.3) is 0 Å². The quantitative estimate of drug-likeness (QED) is 0.408. The van der Waals surface area contributed by atoms with Crippen LogP contribution in [0.5, 0.6) is 0 Å². The van der Waals surface area contributed by atoms with Crippen LogP contribution in [0.3, 0.4) is 0 Å². The van der Waals surface area contributed by atoms with E-state index in [4.69, 9.17) is 0 Å². The summed E-state index contributed by atoms with van der Waals surface area (Å²) in [5, 5.41) is 0. The number of alkyl halides is 4. The number of allylic oxidation sites excluding steroid dienone is 1. The molecule has 0 saturated heterocycles. The highest BCUT2D eigenvalue weighted by molar-refractivity contribution is 4.99. The maximum absolute atomic E-state index is 11.7. The van der Waals surface area contributed by atoms with Gasteiger partial charge in [0.1, 0.15) is 0 Å². The predicted molar refractivity (Wildman–Crippen MR) is 25.4 cm³/mol. The van der Waals surface area contributed by atoms with Gasteiger partial charge < -0.3 is 0 Å². The second-order valence-electron chi connectivity index (χ2n) is 1.53. The van der Waals surface area contributed by atoms with Gasteiger partial charge in [-0.25, -0.2) is 0 Å². The van der Waals surface area contributed by atoms with Crippen LogP contribution in [0.2, 0.25) is 0 Å². The van der Waals surface area contributed by atoms with Crippen LogP contribution >= 0.6 is 0 Å². The molecular weight excluding hydrogens is 136 g/mol. The first-order chi connectivity index (χ1) is 3.81. The molecule has 0 bridgehead atoms. The molecule has 0 aromatic rings. The topological polar surface area (TPSA) is 0 Å². The second kappa shape index (κ2) is 2.01. The average molecular weight is 141 g/mol. The lowest BCUT2D eigenvalue weighted by atomic mass is 10.2. The summed E-state index contributed by atoms with van der Waals surface area (Å²) in [5.41, 5.74) is 0. The Morgan fingerprint density at radius 1 is 1.11 bits per heavy atom. The van der Waals surface area contributed by atoms with E-state index in [0.29, 0.717) is 0 Å². The monoisotopic (exact) mass is 141 g/mol. The summed E-state index contributed by atoms with van der Waals surface area (Å²) < 4.78 is 46.6. The molecule has 0 saturated carbocycles. The fraction of sp³-hybridized carbons (Fsp3) is 0.400. The molecule has 0 aliphatic heterocycles. The van der Waals surface area contributed by atoms with Gasteiger partial charge in [-0.3, -0.25) is 0 Å². The third kappa shape index (κ3) is 1.69. The van der Waals surface area contributed by atoms with Gasteiger partial charge in [-0.05, 0) is 6.08 Å². The van der Waals surface area contributed by atoms with Crippen LogP contribution in [0.4, 0.5) is 17.6 Å². The van der Waals surface area contributed by atoms with E-state index in [-0.39, 0.29) is 6.08 Å². The highest BCUT2D eigenvalue weighted by Crippen LogP contribution is 2.33. The average Bonchev–Trinajstić information content (AvgIpc) is 1.64. The fourth-order valence-corrected chi connectivity index (χ4v) is 0.149. The summed E-state index contributed by atoms with van der Waals surface area (Å²) >= 11 is 0. The van der Waals surface area contributed by atoms with E-state index in [1.165, 1.54) is 0 Å². The van der Waals surface area contributed by atoms with Crippen molar-refractivity contribution < 1.29 is 17.6 Å². The Kier molecular flexibility index (Phi) is 1.88. The smallest absolute Gasteiger partial charge is 0.200 e. The maximum atomic E-state index is 11.7. The largest absolute Gasteiger partial charge is 0.328 e. The van der Waals surface area contributed by atoms with Crippen LogP contribution in [0.25, 0.3) is 0 Å². The van der Waals surface area contributed by atoms with Gasteiger partial charge in [-0.2, -0.15) is 17.6 Å². The van der Waals surface area contributed by atoms with Crippen molar-refractivity contribution in [1.82, 2.24) is 0 Å². The Hall–Kier alpha value is -0.540. The zero-order valence-corrected chi connectivity index (χ0v) is 4.50. The van der Waals surface area contributed by atoms with Gasteiger partial charge in [0.15, 0.2) is 0 Å². The molecule has 0 aliphatic rings. The van der Waals surface area contributed by atoms with Crippen LogP contribution in [-0.2, 0) is 0 Å². The Morgan fingerprint density at radius 2 is 1.44 bits per heavy atom. The first-order valence-corrected chi connectivity index (χ1v) is 2.06. The van der Waals surface area contributed by atoms with Crippen LogP contribution in [0.1, 0.15) is 0 Å². The summed E-state index contributed by atoms with van der Waals surface area (Å²) in [7, 11) is 0. The third-order valence-corrected chi connectivity index (χ3v) is 0.744. The van der Waals surface area contributed by atoms with E-state index < -0.39 is 11.8 Å². The Morgan fingerprint density at radius 3 is 1.44 bits per heavy atom. The molecule has 4 heteroatoms. The van der Waals surface area contributed by atoms with Crippen LogP contribution < -0.4 is 0 Å². The minimum absolute atomic E-state index is 0.125. The molecule has 1 radical (unpaired) electrons. The summed E-state index contributed by atoms with van der Waals surface area (Å²) in [6, 6.07) is 0. The first-order valence-electron chi connectivity index (χ1n) is 2.06. The lowest BCUT2D eigenvalue weighted by molar-refractivity contribution is -0.148. The molecule has 0 atom stereocenters. The predicted octanol–water partition coefficient (Wildman–Crippen LogP) is 2.28. The molecule has 0 aromatic heterocycles. The zero-order chi connectivity index (χ0) is 7.71. The van der Waals surface area contributed by atoms with E-state index in [1.54, 1.807) is 0 Å². The van der Waals surface area contributed by atoms with E-state index in [0.717, 1.165) is 0 Å². The molecule has 53 valence electrons. The normalized spacial score (nSPS) is 13.4. The Bertz CT molecular complexity index is 111. The third-order valence-electron chi connectivity index (χ3n) is 0.744. The van der Waals surface area contributed by atoms with Crippen LogP contribution in [0, 0.1) is 6.92 Å². The van der Waals surface area contributed by atoms with Crippen molar-refractivity contribution >= 4 is 0 Å². The second-order valence-corrected chi connectivity index (χ2v) is 1.53. The molecule has 0 heterocycles. The number of halogens is 4. The lowest BCUT2D eigenvalue weighted by Gasteiger charge is -2.18. The van der Waals surface area contributed by atoms with Gasteiger partial charge in [0, 0.05) is 6.92 Å². The molecule has 0 fully saturated rings. The molecule has 0 aliphatic carbocycles. The van der Waals surface area contributed by atoms with Gasteiger partial charge in [-0.15, -0.1) is 0 Å². The lowest BCUT2D eigenvalue weighted by Crippen LogP contribution is -2.35. The number of hydrogen-bond acceptors (Lipinski definition) is 0. The maximum Gasteiger partial charge on any atom is 0.328 e. The Balaban J connectivity index is 4.32. The molecule has 9 heavy (non-hydrogen) atoms. The molecule has 0 N–H and O–H groups in total. The van der Waals surface area contributed by atoms with Crippen LogP contribution in [-0.4, -0.2) is 11.8 Å². The number of rotatable bonds is 2. The molecule has 0 spiro atoms. The SMILES string of the molecule is [CH2]C(F)(F)C(F)(F)C=C. The van der Waals surface area contributed by atoms with E-state index >= 15 is 0 Å². The zero-order valence-electron chi connectivity index (χ0n) is 4.50. The van der Waals surface area contributed by atoms with Crippen molar-refractivity contribution in [3.05, 3.63) is 19.6 Å². The molecule has 0 unspecified atom stereocenters. The minimum Gasteiger partial charge on any atom is -0.200 e. The van der Waals surface area contributed by atoms with Crippen molar-refractivity contribution in [2.24, 2.45) is 0 Å². The van der Waals surface area contributed by atoms with Crippen molar-refractivity contribution in [3.63, 3.8) is 0 Å². The van der Waals surface area contributed by atoms with E-state index in [1.807, 2.05) is 6.92 Å². The molecule has 0 amide bonds. The van der Waals surface area contributed by atoms with Gasteiger partial charge in [0.2, 0.25) is 0 Å². The summed E-state index contributed by atoms with van der Waals surface area (Å²) in [6.07, 6.45) is -0.125. The van der Waals surface area contributed by atoms with E-state index in [9.17, 15) is 17.6 Å². The first kappa shape index (κ1) is 8.46. The summed E-state index contributed by atoms with van der Waals surface area (Å²) in [4.78, 5) is 0. The Labute approximate surface area is 50.2 Å². The molecule has 0 nitrogen and oxygen atoms in total. The van der Waals surface area contributed by atoms with Crippen molar-refractivity contribution in [3.8, 4) is 0 Å². The molecule has 0 rings (SSSR count). The molecular formula is C5H5F4. The van der Waals surface area contributed by atoms with Crippen molar-refractivity contribution in [2.75, 3.05) is 0 Å². The standard InChI is InChI=1S/C5H5F4/c1-3-5(8,9)4(2,6)7/h3H,1-2H2. The number of hydrogen-bond donors (Lipinski definition) is 0. The highest BCUT2D eigenvalue weighted by Gasteiger charge is 2.49.